The van der Waals surface area contributed by atoms with Crippen molar-refractivity contribution in [2.75, 3.05) is 6.61 Å². The van der Waals surface area contributed by atoms with E-state index in [0.29, 0.717) is 22.4 Å². The minimum atomic E-state index is -1.04. The molecule has 25 heavy (non-hydrogen) atoms. The largest absolute Gasteiger partial charge is 0.464 e. The average molecular weight is 334 g/mol. The van der Waals surface area contributed by atoms with Gasteiger partial charge in [-0.3, -0.25) is 9.36 Å². The lowest BCUT2D eigenvalue weighted by Gasteiger charge is -2.08. The van der Waals surface area contributed by atoms with E-state index in [0.717, 1.165) is 5.56 Å². The molecule has 5 rings (SSSR count). The van der Waals surface area contributed by atoms with Gasteiger partial charge in [0.15, 0.2) is 17.5 Å². The van der Waals surface area contributed by atoms with Crippen molar-refractivity contribution in [3.8, 4) is 5.69 Å². The van der Waals surface area contributed by atoms with Crippen molar-refractivity contribution in [3.63, 3.8) is 0 Å². The number of epoxide rings is 1. The summed E-state index contributed by atoms with van der Waals surface area (Å²) in [5.74, 6) is 0.00335. The third-order valence-electron chi connectivity index (χ3n) is 4.77. The quantitative estimate of drug-likeness (QED) is 0.529. The molecule has 1 aromatic heterocycles. The van der Waals surface area contributed by atoms with Gasteiger partial charge in [-0.2, -0.15) is 0 Å². The summed E-state index contributed by atoms with van der Waals surface area (Å²) in [5, 5.41) is 0.534. The molecule has 2 atom stereocenters. The number of ether oxygens (including phenoxy) is 2. The second-order valence-corrected chi connectivity index (χ2v) is 6.10. The van der Waals surface area contributed by atoms with E-state index >= 15 is 0 Å². The first-order valence-corrected chi connectivity index (χ1v) is 8.15. The SMILES string of the molecule is CCOC(=O)C1OC12c1ccccc1-n1c2nc2ccccc2c1=O. The normalized spacial score (nSPS) is 22.7. The fourth-order valence-electron chi connectivity index (χ4n) is 3.67. The number of aromatic nitrogens is 2. The van der Waals surface area contributed by atoms with Gasteiger partial charge in [-0.1, -0.05) is 30.3 Å². The van der Waals surface area contributed by atoms with Crippen molar-refractivity contribution in [3.05, 3.63) is 70.3 Å². The van der Waals surface area contributed by atoms with Crippen LogP contribution < -0.4 is 5.56 Å². The Morgan fingerprint density at radius 3 is 2.84 bits per heavy atom. The molecule has 1 fully saturated rings. The molecule has 124 valence electrons. The van der Waals surface area contributed by atoms with E-state index in [4.69, 9.17) is 9.47 Å². The highest BCUT2D eigenvalue weighted by Crippen LogP contribution is 2.56. The van der Waals surface area contributed by atoms with Crippen LogP contribution in [0.15, 0.2) is 53.3 Å². The van der Waals surface area contributed by atoms with Crippen LogP contribution in [0.3, 0.4) is 0 Å². The first-order chi connectivity index (χ1) is 12.2. The highest BCUT2D eigenvalue weighted by Gasteiger charge is 2.70. The number of fused-ring (bicyclic) bond motifs is 6. The lowest BCUT2D eigenvalue weighted by molar-refractivity contribution is -0.144. The zero-order chi connectivity index (χ0) is 17.2. The van der Waals surface area contributed by atoms with Crippen molar-refractivity contribution in [1.29, 1.82) is 0 Å². The van der Waals surface area contributed by atoms with Crippen molar-refractivity contribution in [2.24, 2.45) is 0 Å². The Morgan fingerprint density at radius 2 is 2.00 bits per heavy atom. The highest BCUT2D eigenvalue weighted by atomic mass is 16.7. The van der Waals surface area contributed by atoms with Crippen LogP contribution in [0.1, 0.15) is 18.3 Å². The first kappa shape index (κ1) is 14.4. The number of rotatable bonds is 2. The second kappa shape index (κ2) is 4.77. The number of nitrogens with zero attached hydrogens (tertiary/aromatic N) is 2. The predicted octanol–water partition coefficient (Wildman–Crippen LogP) is 1.90. The molecule has 0 saturated carbocycles. The number of benzene rings is 2. The van der Waals surface area contributed by atoms with Gasteiger partial charge < -0.3 is 9.47 Å². The van der Waals surface area contributed by atoms with Gasteiger partial charge in [0.2, 0.25) is 0 Å². The van der Waals surface area contributed by atoms with Gasteiger partial charge in [0.05, 0.1) is 23.2 Å². The molecular weight excluding hydrogens is 320 g/mol. The number of para-hydroxylation sites is 2. The van der Waals surface area contributed by atoms with Gasteiger partial charge in [0.1, 0.15) is 0 Å². The standard InChI is InChI=1S/C19H14N2O4/c1-2-24-17(23)15-19(25-15)12-8-4-6-10-14(12)21-16(22)11-7-3-5-9-13(11)20-18(19)21/h3-10,15H,2H2,1H3. The summed E-state index contributed by atoms with van der Waals surface area (Å²) in [6.45, 7) is 2.02. The number of hydrogen-bond donors (Lipinski definition) is 0. The van der Waals surface area contributed by atoms with E-state index in [-0.39, 0.29) is 12.2 Å². The molecule has 1 saturated heterocycles. The molecule has 1 spiro atoms. The monoisotopic (exact) mass is 334 g/mol. The van der Waals surface area contributed by atoms with Crippen LogP contribution in [0, 0.1) is 0 Å². The molecular formula is C19H14N2O4. The summed E-state index contributed by atoms with van der Waals surface area (Å²) in [6, 6.07) is 14.6. The maximum atomic E-state index is 13.1. The molecule has 0 radical (unpaired) electrons. The van der Waals surface area contributed by atoms with E-state index in [1.54, 1.807) is 23.6 Å². The van der Waals surface area contributed by atoms with E-state index in [9.17, 15) is 9.59 Å². The molecule has 0 amide bonds. The minimum Gasteiger partial charge on any atom is -0.464 e. The van der Waals surface area contributed by atoms with Crippen LogP contribution in [0.5, 0.6) is 0 Å². The Kier molecular flexibility index (Phi) is 2.74. The highest BCUT2D eigenvalue weighted by molar-refractivity contribution is 5.85. The molecule has 0 N–H and O–H groups in total. The van der Waals surface area contributed by atoms with Gasteiger partial charge in [-0.25, -0.2) is 9.78 Å². The van der Waals surface area contributed by atoms with Gasteiger partial charge in [0, 0.05) is 5.56 Å². The number of carbonyl (C=O) groups excluding carboxylic acids is 1. The van der Waals surface area contributed by atoms with E-state index in [1.807, 2.05) is 36.4 Å². The average Bonchev–Trinajstić information content (AvgIpc) is 3.32. The smallest absolute Gasteiger partial charge is 0.339 e. The third-order valence-corrected chi connectivity index (χ3v) is 4.77. The Balaban J connectivity index is 1.82. The zero-order valence-electron chi connectivity index (χ0n) is 13.4. The molecule has 0 aliphatic carbocycles. The van der Waals surface area contributed by atoms with Crippen molar-refractivity contribution in [2.45, 2.75) is 18.6 Å². The van der Waals surface area contributed by atoms with Crippen molar-refractivity contribution in [1.82, 2.24) is 9.55 Å². The van der Waals surface area contributed by atoms with Gasteiger partial charge in [-0.15, -0.1) is 0 Å². The fourth-order valence-corrected chi connectivity index (χ4v) is 3.67. The van der Waals surface area contributed by atoms with Gasteiger partial charge in [0.25, 0.3) is 5.56 Å². The van der Waals surface area contributed by atoms with E-state index in [2.05, 4.69) is 4.98 Å². The maximum absolute atomic E-state index is 13.1. The summed E-state index contributed by atoms with van der Waals surface area (Å²) in [4.78, 5) is 30.0. The second-order valence-electron chi connectivity index (χ2n) is 6.10. The Morgan fingerprint density at radius 1 is 1.24 bits per heavy atom. The molecule has 2 aromatic carbocycles. The van der Waals surface area contributed by atoms with Crippen LogP contribution in [0.25, 0.3) is 16.6 Å². The van der Waals surface area contributed by atoms with Crippen LogP contribution in [0.2, 0.25) is 0 Å². The number of carbonyl (C=O) groups is 1. The van der Waals surface area contributed by atoms with Gasteiger partial charge >= 0.3 is 5.97 Å². The third kappa shape index (κ3) is 1.69. The summed E-state index contributed by atoms with van der Waals surface area (Å²) in [6.07, 6.45) is -0.782. The molecule has 2 unspecified atom stereocenters. The number of esters is 1. The molecule has 6 nitrogen and oxygen atoms in total. The topological polar surface area (TPSA) is 73.7 Å². The maximum Gasteiger partial charge on any atom is 0.339 e. The van der Waals surface area contributed by atoms with Crippen LogP contribution in [-0.4, -0.2) is 28.2 Å². The Labute approximate surface area is 142 Å². The van der Waals surface area contributed by atoms with Gasteiger partial charge in [-0.05, 0) is 25.1 Å². The molecule has 2 aliphatic rings. The summed E-state index contributed by atoms with van der Waals surface area (Å²) in [7, 11) is 0. The molecule has 0 bridgehead atoms. The molecule has 3 aromatic rings. The molecule has 3 heterocycles. The Bertz CT molecular complexity index is 1100. The van der Waals surface area contributed by atoms with Crippen LogP contribution in [0.4, 0.5) is 0 Å². The van der Waals surface area contributed by atoms with Crippen LogP contribution >= 0.6 is 0 Å². The number of hydrogen-bond acceptors (Lipinski definition) is 5. The summed E-state index contributed by atoms with van der Waals surface area (Å²) >= 11 is 0. The molecule has 6 heteroatoms. The first-order valence-electron chi connectivity index (χ1n) is 8.15. The Hall–Kier alpha value is -2.99. The summed E-state index contributed by atoms with van der Waals surface area (Å²) in [5.41, 5.74) is 0.860. The lowest BCUT2D eigenvalue weighted by Crippen LogP contribution is -2.26. The minimum absolute atomic E-state index is 0.164. The lowest BCUT2D eigenvalue weighted by atomic mass is 9.96. The molecule has 2 aliphatic heterocycles. The zero-order valence-corrected chi connectivity index (χ0v) is 13.4. The van der Waals surface area contributed by atoms with Crippen LogP contribution in [-0.2, 0) is 19.9 Å². The fraction of sp³-hybridized carbons (Fsp3) is 0.211. The van der Waals surface area contributed by atoms with Crippen molar-refractivity contribution >= 4 is 16.9 Å². The van der Waals surface area contributed by atoms with Crippen molar-refractivity contribution < 1.29 is 14.3 Å². The van der Waals surface area contributed by atoms with E-state index < -0.39 is 17.7 Å². The van der Waals surface area contributed by atoms with E-state index in [1.165, 1.54) is 0 Å². The predicted molar refractivity (Wildman–Crippen MR) is 89.6 cm³/mol. The summed E-state index contributed by atoms with van der Waals surface area (Å²) < 4.78 is 12.5.